The van der Waals surface area contributed by atoms with Crippen molar-refractivity contribution < 1.29 is 15.0 Å². The molecule has 4 nitrogen and oxygen atoms in total. The molecule has 1 heterocycles. The van der Waals surface area contributed by atoms with Gasteiger partial charge < -0.3 is 14.8 Å². The first-order valence-electron chi connectivity index (χ1n) is 6.87. The average molecular weight is 293 g/mol. The Kier molecular flexibility index (Phi) is 3.43. The van der Waals surface area contributed by atoms with Gasteiger partial charge in [-0.1, -0.05) is 60.7 Å². The molecule has 0 spiro atoms. The lowest BCUT2D eigenvalue weighted by Crippen LogP contribution is -2.08. The number of aromatic nitrogens is 1. The van der Waals surface area contributed by atoms with Crippen LogP contribution in [0.5, 0.6) is 11.6 Å². The van der Waals surface area contributed by atoms with Crippen LogP contribution in [0.1, 0.15) is 16.1 Å². The summed E-state index contributed by atoms with van der Waals surface area (Å²) in [5, 5.41) is 20.3. The first-order valence-corrected chi connectivity index (χ1v) is 6.87. The van der Waals surface area contributed by atoms with E-state index in [1.807, 2.05) is 24.3 Å². The summed E-state index contributed by atoms with van der Waals surface area (Å²) in [6.45, 7) is 0. The molecule has 4 heteroatoms. The first-order chi connectivity index (χ1) is 10.6. The van der Waals surface area contributed by atoms with E-state index < -0.39 is 0 Å². The Balaban J connectivity index is 2.24. The Bertz CT molecular complexity index is 821. The highest BCUT2D eigenvalue weighted by molar-refractivity contribution is 6.13. The zero-order valence-corrected chi connectivity index (χ0v) is 12.0. The van der Waals surface area contributed by atoms with Gasteiger partial charge in [0.1, 0.15) is 5.69 Å². The smallest absolute Gasteiger partial charge is 0.235 e. The van der Waals surface area contributed by atoms with Gasteiger partial charge in [0, 0.05) is 12.6 Å². The van der Waals surface area contributed by atoms with Gasteiger partial charge in [0.05, 0.1) is 5.56 Å². The number of benzene rings is 2. The lowest BCUT2D eigenvalue weighted by atomic mass is 10.00. The van der Waals surface area contributed by atoms with Gasteiger partial charge in [0.15, 0.2) is 5.75 Å². The minimum absolute atomic E-state index is 0.252. The predicted molar refractivity (Wildman–Crippen MR) is 84.1 cm³/mol. The van der Waals surface area contributed by atoms with E-state index in [1.54, 1.807) is 43.4 Å². The third-order valence-corrected chi connectivity index (χ3v) is 3.65. The highest BCUT2D eigenvalue weighted by atomic mass is 16.3. The summed E-state index contributed by atoms with van der Waals surface area (Å²) in [5.74, 6) is -0.858. The third kappa shape index (κ3) is 2.15. The predicted octanol–water partition coefficient (Wildman–Crippen LogP) is 3.33. The number of rotatable bonds is 3. The van der Waals surface area contributed by atoms with Crippen LogP contribution in [-0.2, 0) is 7.05 Å². The maximum absolute atomic E-state index is 12.8. The number of carbonyl (C=O) groups is 1. The molecule has 2 N–H and O–H groups in total. The maximum Gasteiger partial charge on any atom is 0.235 e. The van der Waals surface area contributed by atoms with Crippen molar-refractivity contribution in [2.24, 2.45) is 7.05 Å². The molecule has 22 heavy (non-hydrogen) atoms. The van der Waals surface area contributed by atoms with Crippen LogP contribution < -0.4 is 0 Å². The minimum Gasteiger partial charge on any atom is -0.503 e. The zero-order chi connectivity index (χ0) is 15.7. The molecule has 0 unspecified atom stereocenters. The monoisotopic (exact) mass is 293 g/mol. The average Bonchev–Trinajstić information content (AvgIpc) is 2.80. The molecule has 0 saturated carbocycles. The van der Waals surface area contributed by atoms with Crippen molar-refractivity contribution in [2.45, 2.75) is 0 Å². The van der Waals surface area contributed by atoms with Crippen LogP contribution >= 0.6 is 0 Å². The van der Waals surface area contributed by atoms with Gasteiger partial charge in [-0.25, -0.2) is 0 Å². The Labute approximate surface area is 127 Å². The number of hydrogen-bond acceptors (Lipinski definition) is 3. The second kappa shape index (κ2) is 5.41. The van der Waals surface area contributed by atoms with Crippen LogP contribution in [0, 0.1) is 0 Å². The zero-order valence-electron chi connectivity index (χ0n) is 12.0. The lowest BCUT2D eigenvalue weighted by Gasteiger charge is -2.07. The van der Waals surface area contributed by atoms with Crippen LogP contribution in [0.15, 0.2) is 60.7 Å². The Morgan fingerprint density at radius 2 is 1.45 bits per heavy atom. The summed E-state index contributed by atoms with van der Waals surface area (Å²) >= 11 is 0. The lowest BCUT2D eigenvalue weighted by molar-refractivity contribution is 0.103. The summed E-state index contributed by atoms with van der Waals surface area (Å²) in [4.78, 5) is 12.8. The fourth-order valence-corrected chi connectivity index (χ4v) is 2.53. The molecule has 3 aromatic rings. The molecule has 0 aliphatic carbocycles. The number of carbonyl (C=O) groups excluding carboxylic acids is 1. The molecule has 0 aliphatic heterocycles. The van der Waals surface area contributed by atoms with E-state index in [0.29, 0.717) is 16.7 Å². The van der Waals surface area contributed by atoms with Gasteiger partial charge in [0.2, 0.25) is 11.7 Å². The molecule has 0 saturated heterocycles. The van der Waals surface area contributed by atoms with Crippen molar-refractivity contribution >= 4 is 5.78 Å². The van der Waals surface area contributed by atoms with Crippen molar-refractivity contribution in [3.05, 3.63) is 71.9 Å². The van der Waals surface area contributed by atoms with Crippen molar-refractivity contribution in [2.75, 3.05) is 0 Å². The van der Waals surface area contributed by atoms with E-state index in [9.17, 15) is 15.0 Å². The quantitative estimate of drug-likeness (QED) is 0.728. The van der Waals surface area contributed by atoms with Gasteiger partial charge in [-0.15, -0.1) is 0 Å². The highest BCUT2D eigenvalue weighted by Gasteiger charge is 2.26. The fourth-order valence-electron chi connectivity index (χ4n) is 2.53. The molecule has 1 aromatic heterocycles. The second-order valence-electron chi connectivity index (χ2n) is 5.02. The molecule has 3 rings (SSSR count). The molecule has 2 aromatic carbocycles. The Morgan fingerprint density at radius 1 is 0.909 bits per heavy atom. The first kappa shape index (κ1) is 13.9. The van der Waals surface area contributed by atoms with E-state index in [4.69, 9.17) is 0 Å². The van der Waals surface area contributed by atoms with E-state index in [2.05, 4.69) is 0 Å². The van der Waals surface area contributed by atoms with E-state index in [0.717, 1.165) is 0 Å². The third-order valence-electron chi connectivity index (χ3n) is 3.65. The number of aromatic hydroxyl groups is 2. The summed E-state index contributed by atoms with van der Waals surface area (Å²) < 4.78 is 1.31. The minimum atomic E-state index is -0.321. The van der Waals surface area contributed by atoms with Crippen molar-refractivity contribution in [3.63, 3.8) is 0 Å². The van der Waals surface area contributed by atoms with Gasteiger partial charge in [-0.3, -0.25) is 4.79 Å². The number of ketones is 1. The number of nitrogens with zero attached hydrogens (tertiary/aromatic N) is 1. The van der Waals surface area contributed by atoms with Crippen LogP contribution in [-0.4, -0.2) is 20.6 Å². The standard InChI is InChI=1S/C18H15NO3/c1-19-15(16(20)13-10-6-3-7-11-13)14(17(21)18(19)22)12-8-4-2-5-9-12/h2-11,21-22H,1H3. The van der Waals surface area contributed by atoms with E-state index in [-0.39, 0.29) is 23.1 Å². The molecule has 0 bridgehead atoms. The van der Waals surface area contributed by atoms with Gasteiger partial charge in [-0.2, -0.15) is 0 Å². The van der Waals surface area contributed by atoms with Crippen LogP contribution in [0.3, 0.4) is 0 Å². The summed E-state index contributed by atoms with van der Waals surface area (Å²) in [5.41, 5.74) is 1.78. The normalized spacial score (nSPS) is 10.6. The molecular formula is C18H15NO3. The molecule has 0 aliphatic rings. The number of hydrogen-bond donors (Lipinski definition) is 2. The molecule has 110 valence electrons. The second-order valence-corrected chi connectivity index (χ2v) is 5.02. The van der Waals surface area contributed by atoms with Gasteiger partial charge in [-0.05, 0) is 5.56 Å². The Morgan fingerprint density at radius 3 is 2.05 bits per heavy atom. The van der Waals surface area contributed by atoms with Gasteiger partial charge in [0.25, 0.3) is 0 Å². The summed E-state index contributed by atoms with van der Waals surface area (Å²) in [7, 11) is 1.55. The van der Waals surface area contributed by atoms with Crippen molar-refractivity contribution in [1.29, 1.82) is 0 Å². The van der Waals surface area contributed by atoms with Gasteiger partial charge >= 0.3 is 0 Å². The fraction of sp³-hybridized carbons (Fsp3) is 0.0556. The van der Waals surface area contributed by atoms with Crippen LogP contribution in [0.2, 0.25) is 0 Å². The van der Waals surface area contributed by atoms with E-state index >= 15 is 0 Å². The Hall–Kier alpha value is -3.01. The molecule has 0 amide bonds. The molecular weight excluding hydrogens is 278 g/mol. The molecule has 0 atom stereocenters. The van der Waals surface area contributed by atoms with Crippen LogP contribution in [0.4, 0.5) is 0 Å². The molecule has 0 fully saturated rings. The maximum atomic E-state index is 12.8. The van der Waals surface area contributed by atoms with Crippen LogP contribution in [0.25, 0.3) is 11.1 Å². The topological polar surface area (TPSA) is 62.5 Å². The highest BCUT2D eigenvalue weighted by Crippen LogP contribution is 2.42. The largest absolute Gasteiger partial charge is 0.503 e. The SMILES string of the molecule is Cn1c(O)c(O)c(-c2ccccc2)c1C(=O)c1ccccc1. The van der Waals surface area contributed by atoms with Crippen molar-refractivity contribution in [3.8, 4) is 22.8 Å². The molecule has 0 radical (unpaired) electrons. The van der Waals surface area contributed by atoms with E-state index in [1.165, 1.54) is 4.57 Å². The summed E-state index contributed by atoms with van der Waals surface area (Å²) in [6, 6.07) is 17.8. The summed E-state index contributed by atoms with van der Waals surface area (Å²) in [6.07, 6.45) is 0. The van der Waals surface area contributed by atoms with Crippen molar-refractivity contribution in [1.82, 2.24) is 4.57 Å².